The maximum Gasteiger partial charge on any atom is 0.224 e. The lowest BCUT2D eigenvalue weighted by Crippen LogP contribution is -2.12. The number of carbonyl (C=O) groups is 1. The molecule has 0 atom stereocenters. The summed E-state index contributed by atoms with van der Waals surface area (Å²) in [5.74, 6) is 0.0362. The number of benzene rings is 2. The summed E-state index contributed by atoms with van der Waals surface area (Å²) in [6, 6.07) is 16.2. The lowest BCUT2D eigenvalue weighted by molar-refractivity contribution is -0.116. The highest BCUT2D eigenvalue weighted by molar-refractivity contribution is 5.90. The van der Waals surface area contributed by atoms with Gasteiger partial charge in [0.25, 0.3) is 0 Å². The van der Waals surface area contributed by atoms with Crippen LogP contribution in [0.25, 0.3) is 0 Å². The van der Waals surface area contributed by atoms with Gasteiger partial charge in [0.1, 0.15) is 0 Å². The molecule has 0 fully saturated rings. The van der Waals surface area contributed by atoms with Crippen LogP contribution in [-0.4, -0.2) is 13.0 Å². The number of carbonyl (C=O) groups excluding carboxylic acids is 1. The molecule has 1 amide bonds. The summed E-state index contributed by atoms with van der Waals surface area (Å²) in [6.07, 6.45) is 2.28. The van der Waals surface area contributed by atoms with E-state index >= 15 is 0 Å². The van der Waals surface area contributed by atoms with E-state index in [1.807, 2.05) is 24.3 Å². The zero-order valence-electron chi connectivity index (χ0n) is 13.3. The third-order valence-electron chi connectivity index (χ3n) is 3.59. The molecule has 0 bridgehead atoms. The van der Waals surface area contributed by atoms with Crippen molar-refractivity contribution in [1.29, 1.82) is 0 Å². The average molecular weight is 297 g/mol. The molecule has 0 saturated carbocycles. The number of amides is 1. The standard InChI is InChI=1S/C19H23NO2/c1-3-15-7-9-16(10-8-15)11-12-19(21)20-18-6-4-5-17(13-18)14-22-2/h4-10,13H,3,11-12,14H2,1-2H3,(H,20,21). The second kappa shape index (κ2) is 8.35. The number of methoxy groups -OCH3 is 1. The number of hydrogen-bond acceptors (Lipinski definition) is 2. The van der Waals surface area contributed by atoms with Crippen molar-refractivity contribution in [2.24, 2.45) is 0 Å². The van der Waals surface area contributed by atoms with E-state index in [9.17, 15) is 4.79 Å². The molecular formula is C19H23NO2. The Morgan fingerprint density at radius 2 is 1.77 bits per heavy atom. The summed E-state index contributed by atoms with van der Waals surface area (Å²) in [6.45, 7) is 2.69. The number of rotatable bonds is 7. The molecule has 0 radical (unpaired) electrons. The molecule has 0 aliphatic carbocycles. The number of ether oxygens (including phenoxy) is 1. The van der Waals surface area contributed by atoms with E-state index in [1.54, 1.807) is 7.11 Å². The van der Waals surface area contributed by atoms with Gasteiger partial charge in [-0.05, 0) is 41.7 Å². The minimum absolute atomic E-state index is 0.0362. The van der Waals surface area contributed by atoms with Gasteiger partial charge in [0, 0.05) is 19.2 Å². The van der Waals surface area contributed by atoms with Gasteiger partial charge in [-0.2, -0.15) is 0 Å². The van der Waals surface area contributed by atoms with Crippen molar-refractivity contribution >= 4 is 11.6 Å². The van der Waals surface area contributed by atoms with Gasteiger partial charge in [-0.25, -0.2) is 0 Å². The maximum absolute atomic E-state index is 12.0. The van der Waals surface area contributed by atoms with Crippen molar-refractivity contribution in [3.05, 3.63) is 65.2 Å². The number of anilines is 1. The molecule has 3 nitrogen and oxygen atoms in total. The number of aryl methyl sites for hydroxylation is 2. The zero-order chi connectivity index (χ0) is 15.8. The summed E-state index contributed by atoms with van der Waals surface area (Å²) in [7, 11) is 1.66. The Kier molecular flexibility index (Phi) is 6.16. The van der Waals surface area contributed by atoms with Gasteiger partial charge in [-0.1, -0.05) is 43.3 Å². The Morgan fingerprint density at radius 1 is 1.05 bits per heavy atom. The monoisotopic (exact) mass is 297 g/mol. The Bertz CT molecular complexity index is 605. The summed E-state index contributed by atoms with van der Waals surface area (Å²) in [5, 5.41) is 2.94. The minimum atomic E-state index is 0.0362. The van der Waals surface area contributed by atoms with Crippen LogP contribution in [0.15, 0.2) is 48.5 Å². The number of nitrogens with one attached hydrogen (secondary N) is 1. The third kappa shape index (κ3) is 5.01. The van der Waals surface area contributed by atoms with Crippen molar-refractivity contribution in [2.45, 2.75) is 32.8 Å². The molecule has 0 aliphatic rings. The lowest BCUT2D eigenvalue weighted by Gasteiger charge is -2.07. The maximum atomic E-state index is 12.0. The van der Waals surface area contributed by atoms with E-state index in [0.717, 1.165) is 24.1 Å². The van der Waals surface area contributed by atoms with E-state index in [1.165, 1.54) is 11.1 Å². The molecule has 22 heavy (non-hydrogen) atoms. The first-order valence-corrected chi connectivity index (χ1v) is 7.67. The van der Waals surface area contributed by atoms with Crippen LogP contribution in [0.3, 0.4) is 0 Å². The highest BCUT2D eigenvalue weighted by Crippen LogP contribution is 2.13. The second-order valence-electron chi connectivity index (χ2n) is 5.35. The molecule has 0 unspecified atom stereocenters. The predicted molar refractivity (Wildman–Crippen MR) is 89.9 cm³/mol. The summed E-state index contributed by atoms with van der Waals surface area (Å²) in [4.78, 5) is 12.0. The van der Waals surface area contributed by atoms with Gasteiger partial charge in [-0.15, -0.1) is 0 Å². The fraction of sp³-hybridized carbons (Fsp3) is 0.316. The third-order valence-corrected chi connectivity index (χ3v) is 3.59. The molecule has 0 saturated heterocycles. The molecule has 0 aromatic heterocycles. The molecule has 3 heteroatoms. The highest BCUT2D eigenvalue weighted by Gasteiger charge is 2.04. The summed E-state index contributed by atoms with van der Waals surface area (Å²) < 4.78 is 5.10. The zero-order valence-corrected chi connectivity index (χ0v) is 13.3. The first-order valence-electron chi connectivity index (χ1n) is 7.67. The van der Waals surface area contributed by atoms with Crippen LogP contribution >= 0.6 is 0 Å². The predicted octanol–water partition coefficient (Wildman–Crippen LogP) is 3.97. The average Bonchev–Trinajstić information content (AvgIpc) is 2.54. The van der Waals surface area contributed by atoms with Crippen molar-refractivity contribution in [3.8, 4) is 0 Å². The van der Waals surface area contributed by atoms with Crippen LogP contribution in [0, 0.1) is 0 Å². The molecular weight excluding hydrogens is 274 g/mol. The second-order valence-corrected chi connectivity index (χ2v) is 5.35. The molecule has 2 aromatic carbocycles. The molecule has 0 spiro atoms. The van der Waals surface area contributed by atoms with E-state index in [-0.39, 0.29) is 5.91 Å². The first kappa shape index (κ1) is 16.2. The molecule has 1 N–H and O–H groups in total. The largest absolute Gasteiger partial charge is 0.380 e. The van der Waals surface area contributed by atoms with E-state index in [4.69, 9.17) is 4.74 Å². The first-order chi connectivity index (χ1) is 10.7. The summed E-state index contributed by atoms with van der Waals surface area (Å²) >= 11 is 0. The fourth-order valence-corrected chi connectivity index (χ4v) is 2.33. The van der Waals surface area contributed by atoms with Crippen LogP contribution in [0.5, 0.6) is 0 Å². The van der Waals surface area contributed by atoms with Crippen molar-refractivity contribution in [3.63, 3.8) is 0 Å². The quantitative estimate of drug-likeness (QED) is 0.840. The Balaban J connectivity index is 1.85. The van der Waals surface area contributed by atoms with Gasteiger partial charge < -0.3 is 10.1 Å². The lowest BCUT2D eigenvalue weighted by atomic mass is 10.1. The van der Waals surface area contributed by atoms with Crippen LogP contribution in [0.4, 0.5) is 5.69 Å². The topological polar surface area (TPSA) is 38.3 Å². The van der Waals surface area contributed by atoms with E-state index in [0.29, 0.717) is 13.0 Å². The minimum Gasteiger partial charge on any atom is -0.380 e. The number of hydrogen-bond donors (Lipinski definition) is 1. The molecule has 2 aromatic rings. The van der Waals surface area contributed by atoms with Gasteiger partial charge in [0.15, 0.2) is 0 Å². The van der Waals surface area contributed by atoms with Crippen LogP contribution in [0.1, 0.15) is 30.0 Å². The SMILES string of the molecule is CCc1ccc(CCC(=O)Nc2cccc(COC)c2)cc1. The molecule has 2 rings (SSSR count). The van der Waals surface area contributed by atoms with Gasteiger partial charge in [0.2, 0.25) is 5.91 Å². The van der Waals surface area contributed by atoms with Crippen molar-refractivity contribution in [1.82, 2.24) is 0 Å². The Morgan fingerprint density at radius 3 is 2.45 bits per heavy atom. The van der Waals surface area contributed by atoms with Crippen molar-refractivity contribution in [2.75, 3.05) is 12.4 Å². The van der Waals surface area contributed by atoms with E-state index < -0.39 is 0 Å². The fourth-order valence-electron chi connectivity index (χ4n) is 2.33. The Labute approximate surface area is 132 Å². The van der Waals surface area contributed by atoms with Gasteiger partial charge in [0.05, 0.1) is 6.61 Å². The Hall–Kier alpha value is -2.13. The highest BCUT2D eigenvalue weighted by atomic mass is 16.5. The smallest absolute Gasteiger partial charge is 0.224 e. The molecule has 0 heterocycles. The van der Waals surface area contributed by atoms with Crippen LogP contribution in [0.2, 0.25) is 0 Å². The van der Waals surface area contributed by atoms with Gasteiger partial charge >= 0.3 is 0 Å². The summed E-state index contributed by atoms with van der Waals surface area (Å²) in [5.41, 5.74) is 4.39. The van der Waals surface area contributed by atoms with E-state index in [2.05, 4.69) is 36.5 Å². The molecule has 0 aliphatic heterocycles. The van der Waals surface area contributed by atoms with Crippen LogP contribution < -0.4 is 5.32 Å². The molecule has 116 valence electrons. The van der Waals surface area contributed by atoms with Crippen LogP contribution in [-0.2, 0) is 29.0 Å². The van der Waals surface area contributed by atoms with Gasteiger partial charge in [-0.3, -0.25) is 4.79 Å². The normalized spacial score (nSPS) is 10.5. The van der Waals surface area contributed by atoms with Crippen molar-refractivity contribution < 1.29 is 9.53 Å².